The van der Waals surface area contributed by atoms with Crippen LogP contribution in [-0.4, -0.2) is 56.7 Å². The molecule has 8 heteroatoms. The maximum atomic E-state index is 11.9. The van der Waals surface area contributed by atoms with Gasteiger partial charge in [-0.05, 0) is 25.3 Å². The Morgan fingerprint density at radius 3 is 2.92 bits per heavy atom. The van der Waals surface area contributed by atoms with Gasteiger partial charge in [-0.15, -0.1) is 0 Å². The molecule has 2 aromatic rings. The van der Waals surface area contributed by atoms with Gasteiger partial charge in [-0.2, -0.15) is 10.2 Å². The van der Waals surface area contributed by atoms with E-state index in [1.807, 2.05) is 28.8 Å². The lowest BCUT2D eigenvalue weighted by Gasteiger charge is -2.23. The first kappa shape index (κ1) is 17.2. The summed E-state index contributed by atoms with van der Waals surface area (Å²) in [7, 11) is 3.71. The number of nitrogens with one attached hydrogen (secondary N) is 1. The largest absolute Gasteiger partial charge is 0.383 e. The van der Waals surface area contributed by atoms with Crippen molar-refractivity contribution >= 4 is 11.6 Å². The molecule has 0 aromatic carbocycles. The van der Waals surface area contributed by atoms with Gasteiger partial charge in [0.1, 0.15) is 0 Å². The van der Waals surface area contributed by atoms with Crippen molar-refractivity contribution in [2.45, 2.75) is 37.9 Å². The van der Waals surface area contributed by atoms with Gasteiger partial charge in [-0.25, -0.2) is 0 Å². The fourth-order valence-electron chi connectivity index (χ4n) is 3.67. The van der Waals surface area contributed by atoms with Crippen LogP contribution in [0.4, 0.5) is 5.69 Å². The SMILES string of the molecule is COC[C@@H]1C[C@H](n2cc(NC(=O)C3CC3)cn2)CN1Cc1ccnn1C. The second kappa shape index (κ2) is 7.20. The van der Waals surface area contributed by atoms with Crippen molar-refractivity contribution in [2.75, 3.05) is 25.6 Å². The van der Waals surface area contributed by atoms with Crippen LogP contribution in [0.3, 0.4) is 0 Å². The molecular weight excluding hydrogens is 332 g/mol. The molecule has 2 atom stereocenters. The molecule has 1 aliphatic carbocycles. The molecule has 1 amide bonds. The average Bonchev–Trinajstić information content (AvgIpc) is 3.06. The molecule has 3 heterocycles. The standard InChI is InChI=1S/C18H26N6O2/c1-22-15(5-6-19-22)10-23-11-16(7-17(23)12-26-2)24-9-14(8-20-24)21-18(25)13-3-4-13/h5-6,8-9,13,16-17H,3-4,7,10-12H2,1-2H3,(H,21,25)/t16-,17-/m0/s1. The summed E-state index contributed by atoms with van der Waals surface area (Å²) >= 11 is 0. The average molecular weight is 358 g/mol. The Morgan fingerprint density at radius 2 is 2.23 bits per heavy atom. The number of anilines is 1. The highest BCUT2D eigenvalue weighted by Gasteiger charge is 2.34. The van der Waals surface area contributed by atoms with Crippen molar-refractivity contribution in [1.29, 1.82) is 0 Å². The van der Waals surface area contributed by atoms with E-state index < -0.39 is 0 Å². The Bertz CT molecular complexity index is 765. The Balaban J connectivity index is 1.43. The first-order valence-electron chi connectivity index (χ1n) is 9.19. The predicted molar refractivity (Wildman–Crippen MR) is 96.5 cm³/mol. The summed E-state index contributed by atoms with van der Waals surface area (Å²) in [6.07, 6.45) is 8.51. The van der Waals surface area contributed by atoms with Crippen LogP contribution in [0.2, 0.25) is 0 Å². The van der Waals surface area contributed by atoms with Crippen LogP contribution in [0, 0.1) is 5.92 Å². The van der Waals surface area contributed by atoms with Gasteiger partial charge in [-0.1, -0.05) is 0 Å². The van der Waals surface area contributed by atoms with E-state index >= 15 is 0 Å². The van der Waals surface area contributed by atoms with E-state index in [4.69, 9.17) is 4.74 Å². The minimum absolute atomic E-state index is 0.117. The molecule has 1 N–H and O–H groups in total. The van der Waals surface area contributed by atoms with E-state index in [0.717, 1.165) is 38.0 Å². The second-order valence-electron chi connectivity index (χ2n) is 7.35. The van der Waals surface area contributed by atoms with E-state index in [0.29, 0.717) is 12.6 Å². The third kappa shape index (κ3) is 3.66. The van der Waals surface area contributed by atoms with E-state index in [9.17, 15) is 4.79 Å². The fraction of sp³-hybridized carbons (Fsp3) is 0.611. The molecule has 0 unspecified atom stereocenters. The molecular formula is C18H26N6O2. The van der Waals surface area contributed by atoms with Gasteiger partial charge in [0.15, 0.2) is 0 Å². The number of hydrogen-bond donors (Lipinski definition) is 1. The number of carbonyl (C=O) groups is 1. The summed E-state index contributed by atoms with van der Waals surface area (Å²) < 4.78 is 9.32. The Hall–Kier alpha value is -2.19. The third-order valence-electron chi connectivity index (χ3n) is 5.34. The fourth-order valence-corrected chi connectivity index (χ4v) is 3.67. The number of amides is 1. The maximum Gasteiger partial charge on any atom is 0.227 e. The molecule has 140 valence electrons. The zero-order chi connectivity index (χ0) is 18.1. The minimum atomic E-state index is 0.117. The summed E-state index contributed by atoms with van der Waals surface area (Å²) in [4.78, 5) is 14.3. The van der Waals surface area contributed by atoms with Crippen LogP contribution in [0.15, 0.2) is 24.7 Å². The number of nitrogens with zero attached hydrogens (tertiary/aromatic N) is 5. The van der Waals surface area contributed by atoms with Crippen molar-refractivity contribution in [3.05, 3.63) is 30.4 Å². The van der Waals surface area contributed by atoms with E-state index in [2.05, 4.69) is 26.5 Å². The molecule has 2 aromatic heterocycles. The van der Waals surface area contributed by atoms with E-state index in [-0.39, 0.29) is 17.9 Å². The van der Waals surface area contributed by atoms with E-state index in [1.54, 1.807) is 13.3 Å². The zero-order valence-electron chi connectivity index (χ0n) is 15.3. The molecule has 2 aliphatic rings. The predicted octanol–water partition coefficient (Wildman–Crippen LogP) is 1.43. The maximum absolute atomic E-state index is 11.9. The number of aromatic nitrogens is 4. The van der Waals surface area contributed by atoms with Gasteiger partial charge in [0.05, 0.1) is 30.2 Å². The van der Waals surface area contributed by atoms with Gasteiger partial charge in [0, 0.05) is 51.6 Å². The van der Waals surface area contributed by atoms with Gasteiger partial charge in [0.2, 0.25) is 5.91 Å². The lowest BCUT2D eigenvalue weighted by atomic mass is 10.2. The second-order valence-corrected chi connectivity index (χ2v) is 7.35. The first-order chi connectivity index (χ1) is 12.6. The Morgan fingerprint density at radius 1 is 1.38 bits per heavy atom. The number of methoxy groups -OCH3 is 1. The van der Waals surface area contributed by atoms with Gasteiger partial charge in [-0.3, -0.25) is 19.1 Å². The number of likely N-dealkylation sites (tertiary alicyclic amines) is 1. The van der Waals surface area contributed by atoms with Gasteiger partial charge >= 0.3 is 0 Å². The zero-order valence-corrected chi connectivity index (χ0v) is 15.3. The molecule has 8 nitrogen and oxygen atoms in total. The molecule has 2 fully saturated rings. The van der Waals surface area contributed by atoms with Crippen LogP contribution in [0.5, 0.6) is 0 Å². The van der Waals surface area contributed by atoms with E-state index in [1.165, 1.54) is 5.69 Å². The summed E-state index contributed by atoms with van der Waals surface area (Å²) in [6.45, 7) is 2.44. The highest BCUT2D eigenvalue weighted by atomic mass is 16.5. The van der Waals surface area contributed by atoms with Crippen LogP contribution < -0.4 is 5.32 Å². The van der Waals surface area contributed by atoms with Crippen molar-refractivity contribution < 1.29 is 9.53 Å². The quantitative estimate of drug-likeness (QED) is 0.810. The molecule has 1 saturated carbocycles. The van der Waals surface area contributed by atoms with Crippen LogP contribution in [0.25, 0.3) is 0 Å². The lowest BCUT2D eigenvalue weighted by Crippen LogP contribution is -2.33. The highest BCUT2D eigenvalue weighted by Crippen LogP contribution is 2.31. The van der Waals surface area contributed by atoms with Crippen LogP contribution >= 0.6 is 0 Å². The number of aryl methyl sites for hydroxylation is 1. The monoisotopic (exact) mass is 358 g/mol. The summed E-state index contributed by atoms with van der Waals surface area (Å²) in [5.41, 5.74) is 1.97. The first-order valence-corrected chi connectivity index (χ1v) is 9.19. The van der Waals surface area contributed by atoms with Crippen LogP contribution in [-0.2, 0) is 23.1 Å². The minimum Gasteiger partial charge on any atom is -0.383 e. The van der Waals surface area contributed by atoms with Crippen LogP contribution in [0.1, 0.15) is 31.0 Å². The molecule has 4 rings (SSSR count). The summed E-state index contributed by atoms with van der Waals surface area (Å²) in [5, 5.41) is 11.7. The van der Waals surface area contributed by atoms with Gasteiger partial charge in [0.25, 0.3) is 0 Å². The highest BCUT2D eigenvalue weighted by molar-refractivity contribution is 5.93. The molecule has 0 radical (unpaired) electrons. The molecule has 1 saturated heterocycles. The molecule has 1 aliphatic heterocycles. The van der Waals surface area contributed by atoms with Gasteiger partial charge < -0.3 is 10.1 Å². The summed E-state index contributed by atoms with van der Waals surface area (Å²) in [6, 6.07) is 2.67. The smallest absolute Gasteiger partial charge is 0.227 e. The lowest BCUT2D eigenvalue weighted by molar-refractivity contribution is -0.117. The Labute approximate surface area is 153 Å². The number of ether oxygens (including phenoxy) is 1. The van der Waals surface area contributed by atoms with Crippen molar-refractivity contribution in [2.24, 2.45) is 13.0 Å². The van der Waals surface area contributed by atoms with Crippen molar-refractivity contribution in [1.82, 2.24) is 24.5 Å². The number of carbonyl (C=O) groups excluding carboxylic acids is 1. The Kier molecular flexibility index (Phi) is 4.78. The van der Waals surface area contributed by atoms with Crippen molar-refractivity contribution in [3.63, 3.8) is 0 Å². The third-order valence-corrected chi connectivity index (χ3v) is 5.34. The molecule has 26 heavy (non-hydrogen) atoms. The number of rotatable bonds is 7. The number of hydrogen-bond acceptors (Lipinski definition) is 5. The molecule has 0 bridgehead atoms. The van der Waals surface area contributed by atoms with Crippen molar-refractivity contribution in [3.8, 4) is 0 Å². The topological polar surface area (TPSA) is 77.2 Å². The summed E-state index contributed by atoms with van der Waals surface area (Å²) in [5.74, 6) is 0.316. The molecule has 0 spiro atoms. The normalized spacial score (nSPS) is 23.5.